The number of carbonyl (C=O) groups excluding carboxylic acids is 7. The second-order valence-electron chi connectivity index (χ2n) is 22.8. The molecule has 4 aromatic carbocycles. The first-order valence-electron chi connectivity index (χ1n) is 29.7. The molecule has 7 nitrogen and oxygen atoms in total. The van der Waals surface area contributed by atoms with Crippen LogP contribution in [0.3, 0.4) is 0 Å². The summed E-state index contributed by atoms with van der Waals surface area (Å²) in [5.41, 5.74) is 10.0. The number of unbranched alkanes of at least 4 members (excludes halogenated alkanes) is 3. The van der Waals surface area contributed by atoms with Gasteiger partial charge in [-0.3, -0.25) is 33.6 Å². The van der Waals surface area contributed by atoms with Gasteiger partial charge in [-0.25, -0.2) is 0 Å². The first-order chi connectivity index (χ1) is 36.9. The van der Waals surface area contributed by atoms with Crippen molar-refractivity contribution in [2.75, 3.05) is 0 Å². The van der Waals surface area contributed by atoms with E-state index in [1.54, 1.807) is 48.5 Å². The van der Waals surface area contributed by atoms with Gasteiger partial charge in [0.25, 0.3) is 0 Å². The van der Waals surface area contributed by atoms with Crippen molar-refractivity contribution in [1.82, 2.24) is 0 Å². The van der Waals surface area contributed by atoms with Crippen LogP contribution in [0, 0.1) is 69.1 Å². The molecule has 79 heavy (non-hydrogen) atoms. The van der Waals surface area contributed by atoms with Crippen LogP contribution in [0.25, 0.3) is 0 Å². The van der Waals surface area contributed by atoms with E-state index in [2.05, 4.69) is 146 Å². The lowest BCUT2D eigenvalue weighted by Gasteiger charge is -2.07. The molecule has 0 bridgehead atoms. The lowest BCUT2D eigenvalue weighted by molar-refractivity contribution is -0.121. The van der Waals surface area contributed by atoms with Gasteiger partial charge < -0.3 is 0 Å². The van der Waals surface area contributed by atoms with Gasteiger partial charge >= 0.3 is 0 Å². The molecule has 0 spiro atoms. The fraction of sp³-hybridized carbons (Fsp3) is 0.569. The third kappa shape index (κ3) is 44.1. The Morgan fingerprint density at radius 2 is 0.405 bits per heavy atom. The van der Waals surface area contributed by atoms with Gasteiger partial charge in [-0.2, -0.15) is 0 Å². The van der Waals surface area contributed by atoms with E-state index in [0.29, 0.717) is 17.3 Å². The van der Waals surface area contributed by atoms with E-state index in [-0.39, 0.29) is 64.6 Å². The van der Waals surface area contributed by atoms with Gasteiger partial charge in [-0.15, -0.1) is 0 Å². The van der Waals surface area contributed by atoms with Crippen molar-refractivity contribution in [3.63, 3.8) is 0 Å². The molecule has 0 aliphatic rings. The average Bonchev–Trinajstić information content (AvgIpc) is 3.39. The molecule has 7 atom stereocenters. The number of rotatable bonds is 24. The summed E-state index contributed by atoms with van der Waals surface area (Å²) in [5, 5.41) is 0. The Balaban J connectivity index is -0.000000859. The molecular formula is C72H112O7. The summed E-state index contributed by atoms with van der Waals surface area (Å²) in [6, 6.07) is 33.4. The third-order valence-corrected chi connectivity index (χ3v) is 14.5. The number of Topliss-reactive ketones (excluding diaryl/α,β-unsaturated/α-hetero) is 7. The lowest BCUT2D eigenvalue weighted by Crippen LogP contribution is -2.09. The molecule has 0 aliphatic heterocycles. The van der Waals surface area contributed by atoms with E-state index in [9.17, 15) is 33.6 Å². The van der Waals surface area contributed by atoms with Crippen molar-refractivity contribution in [2.45, 2.75) is 229 Å². The molecule has 442 valence electrons. The Hall–Kier alpha value is -5.43. The van der Waals surface area contributed by atoms with Gasteiger partial charge in [0.2, 0.25) is 0 Å². The summed E-state index contributed by atoms with van der Waals surface area (Å²) in [4.78, 5) is 76.0. The maximum atomic E-state index is 11.0. The highest BCUT2D eigenvalue weighted by Gasteiger charge is 2.11. The minimum Gasteiger partial charge on any atom is -0.300 e. The van der Waals surface area contributed by atoms with E-state index in [0.717, 1.165) is 44.9 Å². The van der Waals surface area contributed by atoms with Crippen LogP contribution < -0.4 is 0 Å². The van der Waals surface area contributed by atoms with Crippen LogP contribution in [0.2, 0.25) is 0 Å². The molecule has 0 amide bonds. The van der Waals surface area contributed by atoms with Crippen molar-refractivity contribution in [2.24, 2.45) is 41.4 Å². The minimum absolute atomic E-state index is 0.141. The Bertz CT molecular complexity index is 1960. The van der Waals surface area contributed by atoms with Crippen LogP contribution in [0.4, 0.5) is 0 Å². The van der Waals surface area contributed by atoms with E-state index in [1.807, 2.05) is 48.5 Å². The van der Waals surface area contributed by atoms with Crippen molar-refractivity contribution >= 4 is 40.5 Å². The summed E-state index contributed by atoms with van der Waals surface area (Å²) in [7, 11) is 0. The van der Waals surface area contributed by atoms with Crippen LogP contribution in [0.5, 0.6) is 0 Å². The molecular weight excluding hydrogens is 977 g/mol. The quantitative estimate of drug-likeness (QED) is 0.0685. The van der Waals surface area contributed by atoms with Crippen LogP contribution in [-0.4, -0.2) is 40.5 Å². The average molecular weight is 1090 g/mol. The third-order valence-electron chi connectivity index (χ3n) is 14.5. The van der Waals surface area contributed by atoms with Crippen molar-refractivity contribution in [3.8, 4) is 0 Å². The first kappa shape index (κ1) is 77.8. The highest BCUT2D eigenvalue weighted by Crippen LogP contribution is 2.15. The summed E-state index contributed by atoms with van der Waals surface area (Å²) in [5.74, 6) is 3.44. The Morgan fingerprint density at radius 1 is 0.266 bits per heavy atom. The predicted octanol–water partition coefficient (Wildman–Crippen LogP) is 18.3. The predicted molar refractivity (Wildman–Crippen MR) is 337 cm³/mol. The molecule has 0 aromatic heterocycles. The van der Waals surface area contributed by atoms with E-state index in [4.69, 9.17) is 0 Å². The fourth-order valence-electron chi connectivity index (χ4n) is 7.03. The van der Waals surface area contributed by atoms with Crippen molar-refractivity contribution < 1.29 is 33.6 Å². The van der Waals surface area contributed by atoms with Crippen LogP contribution in [0.1, 0.15) is 220 Å². The van der Waals surface area contributed by atoms with E-state index in [1.165, 1.54) is 83.0 Å². The standard InChI is InChI=1S/4C12H16O.3C8H16O/c4*1-9-4-6-12(7-5-9)8-10(2)11(3)13;3*1-4-5-6-7(2)8(3)9/h4*4-7,10H,8H2,1-3H3;3*7H,4-6H2,1-3H3/t4*10-;3*7-/m1111111/s1. The zero-order chi connectivity index (χ0) is 61.2. The zero-order valence-corrected chi connectivity index (χ0v) is 53.8. The zero-order valence-electron chi connectivity index (χ0n) is 53.8. The normalized spacial score (nSPS) is 12.8. The summed E-state index contributed by atoms with van der Waals surface area (Å²) in [6.45, 7) is 40.2. The maximum absolute atomic E-state index is 11.0. The Kier molecular flexibility index (Phi) is 45.6. The van der Waals surface area contributed by atoms with Crippen LogP contribution >= 0.6 is 0 Å². The molecule has 4 aromatic rings. The number of ketones is 7. The molecule has 0 N–H and O–H groups in total. The smallest absolute Gasteiger partial charge is 0.132 e. The SMILES string of the molecule is CC(=O)[C@H](C)Cc1ccc(C)cc1.CC(=O)[C@H](C)Cc1ccc(C)cc1.CC(=O)[C@H](C)Cc1ccc(C)cc1.CC(=O)[C@H](C)Cc1ccc(C)cc1.CCCC[C@@H](C)C(C)=O.CCCC[C@@H](C)C(C)=O.CCCC[C@@H](C)C(C)=O. The van der Waals surface area contributed by atoms with E-state index < -0.39 is 0 Å². The van der Waals surface area contributed by atoms with Gasteiger partial charge in [0.15, 0.2) is 0 Å². The number of carbonyl (C=O) groups is 7. The molecule has 0 saturated heterocycles. The number of aryl methyl sites for hydroxylation is 4. The largest absolute Gasteiger partial charge is 0.300 e. The minimum atomic E-state index is 0.141. The monoisotopic (exact) mass is 1090 g/mol. The number of benzene rings is 4. The van der Waals surface area contributed by atoms with E-state index >= 15 is 0 Å². The number of hydrogen-bond acceptors (Lipinski definition) is 7. The molecule has 4 rings (SSSR count). The molecule has 7 heteroatoms. The van der Waals surface area contributed by atoms with Crippen molar-refractivity contribution in [3.05, 3.63) is 142 Å². The fourth-order valence-corrected chi connectivity index (χ4v) is 7.03. The summed E-state index contributed by atoms with van der Waals surface area (Å²) >= 11 is 0. The van der Waals surface area contributed by atoms with Gasteiger partial charge in [-0.1, -0.05) is 227 Å². The van der Waals surface area contributed by atoms with Crippen LogP contribution in [-0.2, 0) is 59.2 Å². The van der Waals surface area contributed by atoms with Gasteiger partial charge in [0, 0.05) is 41.4 Å². The molecule has 0 fully saturated rings. The van der Waals surface area contributed by atoms with Gasteiger partial charge in [0.1, 0.15) is 40.5 Å². The summed E-state index contributed by atoms with van der Waals surface area (Å²) in [6.07, 6.45) is 13.7. The molecule has 0 heterocycles. The second kappa shape index (κ2) is 46.3. The summed E-state index contributed by atoms with van der Waals surface area (Å²) < 4.78 is 0. The Morgan fingerprint density at radius 3 is 0.519 bits per heavy atom. The lowest BCUT2D eigenvalue weighted by atomic mass is 9.97. The maximum Gasteiger partial charge on any atom is 0.132 e. The highest BCUT2D eigenvalue weighted by molar-refractivity contribution is 5.80. The van der Waals surface area contributed by atoms with Gasteiger partial charge in [-0.05, 0) is 143 Å². The molecule has 0 saturated carbocycles. The Labute approximate surface area is 483 Å². The molecule has 0 unspecified atom stereocenters. The molecule has 0 radical (unpaired) electrons. The van der Waals surface area contributed by atoms with Crippen LogP contribution in [0.15, 0.2) is 97.1 Å². The second-order valence-corrected chi connectivity index (χ2v) is 22.8. The van der Waals surface area contributed by atoms with Gasteiger partial charge in [0.05, 0.1) is 0 Å². The highest BCUT2D eigenvalue weighted by atomic mass is 16.1. The van der Waals surface area contributed by atoms with Crippen molar-refractivity contribution in [1.29, 1.82) is 0 Å². The number of hydrogen-bond donors (Lipinski definition) is 0. The topological polar surface area (TPSA) is 119 Å². The first-order valence-corrected chi connectivity index (χ1v) is 29.7. The molecule has 0 aliphatic carbocycles.